The second-order valence-electron chi connectivity index (χ2n) is 6.37. The number of carboxylic acid groups (broad SMARTS) is 1. The summed E-state index contributed by atoms with van der Waals surface area (Å²) in [6.07, 6.45) is -5.91. The molecular weight excluding hydrogens is 391 g/mol. The molecule has 0 bridgehead atoms. The SMILES string of the molecule is CC(=O)N(c1ccc(OCC(F)(F)C(F)(F)F)cc1)C1CCN(C(=O)O)CC1. The van der Waals surface area contributed by atoms with Crippen LogP contribution in [0.5, 0.6) is 5.75 Å². The van der Waals surface area contributed by atoms with Crippen LogP contribution in [0.4, 0.5) is 32.4 Å². The fourth-order valence-electron chi connectivity index (χ4n) is 2.92. The van der Waals surface area contributed by atoms with E-state index in [9.17, 15) is 31.5 Å². The van der Waals surface area contributed by atoms with Crippen molar-refractivity contribution in [3.05, 3.63) is 24.3 Å². The van der Waals surface area contributed by atoms with Crippen LogP contribution in [0.15, 0.2) is 24.3 Å². The molecule has 1 saturated heterocycles. The Hall–Kier alpha value is -2.59. The topological polar surface area (TPSA) is 70.1 Å². The van der Waals surface area contributed by atoms with E-state index in [-0.39, 0.29) is 30.8 Å². The van der Waals surface area contributed by atoms with Crippen molar-refractivity contribution < 1.29 is 41.4 Å². The van der Waals surface area contributed by atoms with Gasteiger partial charge in [-0.3, -0.25) is 4.79 Å². The van der Waals surface area contributed by atoms with Gasteiger partial charge in [-0.2, -0.15) is 22.0 Å². The first kappa shape index (κ1) is 21.7. The minimum absolute atomic E-state index is 0.197. The number of likely N-dealkylation sites (tertiary alicyclic amines) is 1. The van der Waals surface area contributed by atoms with Gasteiger partial charge in [-0.25, -0.2) is 4.79 Å². The quantitative estimate of drug-likeness (QED) is 0.751. The van der Waals surface area contributed by atoms with Crippen LogP contribution in [0.25, 0.3) is 0 Å². The number of halogens is 5. The van der Waals surface area contributed by atoms with Crippen molar-refractivity contribution in [2.24, 2.45) is 0 Å². The highest BCUT2D eigenvalue weighted by atomic mass is 19.4. The van der Waals surface area contributed by atoms with Gasteiger partial charge in [0, 0.05) is 31.7 Å². The van der Waals surface area contributed by atoms with Crippen molar-refractivity contribution in [2.75, 3.05) is 24.6 Å². The molecule has 0 aromatic heterocycles. The smallest absolute Gasteiger partial charge is 0.456 e. The molecule has 1 heterocycles. The third-order valence-electron chi connectivity index (χ3n) is 4.39. The predicted molar refractivity (Wildman–Crippen MR) is 88.7 cm³/mol. The number of amides is 2. The minimum Gasteiger partial charge on any atom is -0.487 e. The molecule has 11 heteroatoms. The normalized spacial score (nSPS) is 16.0. The Morgan fingerprint density at radius 2 is 1.68 bits per heavy atom. The Labute approximate surface area is 157 Å². The first-order valence-electron chi connectivity index (χ1n) is 8.37. The molecule has 1 fully saturated rings. The molecule has 1 aliphatic heterocycles. The molecule has 2 amide bonds. The number of benzene rings is 1. The van der Waals surface area contributed by atoms with Crippen LogP contribution < -0.4 is 9.64 Å². The first-order valence-corrected chi connectivity index (χ1v) is 8.37. The maximum atomic E-state index is 12.9. The van der Waals surface area contributed by atoms with Gasteiger partial charge in [0.15, 0.2) is 6.61 Å². The molecule has 0 radical (unpaired) electrons. The number of piperidine rings is 1. The number of hydrogen-bond donors (Lipinski definition) is 1. The van der Waals surface area contributed by atoms with Crippen LogP contribution in [-0.2, 0) is 4.79 Å². The molecule has 1 aliphatic rings. The average Bonchev–Trinajstić information content (AvgIpc) is 2.60. The van der Waals surface area contributed by atoms with Gasteiger partial charge in [0.25, 0.3) is 0 Å². The van der Waals surface area contributed by atoms with Gasteiger partial charge >= 0.3 is 18.2 Å². The van der Waals surface area contributed by atoms with Crippen molar-refractivity contribution >= 4 is 17.7 Å². The van der Waals surface area contributed by atoms with Crippen molar-refractivity contribution in [1.82, 2.24) is 4.90 Å². The summed E-state index contributed by atoms with van der Waals surface area (Å²) in [4.78, 5) is 25.7. The van der Waals surface area contributed by atoms with E-state index < -0.39 is 24.8 Å². The lowest BCUT2D eigenvalue weighted by molar-refractivity contribution is -0.290. The third-order valence-corrected chi connectivity index (χ3v) is 4.39. The van der Waals surface area contributed by atoms with Gasteiger partial charge in [-0.1, -0.05) is 0 Å². The lowest BCUT2D eigenvalue weighted by Crippen LogP contribution is -2.48. The number of carbonyl (C=O) groups is 2. The molecule has 0 unspecified atom stereocenters. The fourth-order valence-corrected chi connectivity index (χ4v) is 2.92. The molecular formula is C17H19F5N2O4. The summed E-state index contributed by atoms with van der Waals surface area (Å²) in [6, 6.07) is 4.90. The molecule has 1 N–H and O–H groups in total. The Balaban J connectivity index is 2.05. The van der Waals surface area contributed by atoms with Crippen molar-refractivity contribution in [2.45, 2.75) is 37.9 Å². The lowest BCUT2D eigenvalue weighted by atomic mass is 10.0. The zero-order valence-corrected chi connectivity index (χ0v) is 14.9. The highest BCUT2D eigenvalue weighted by Gasteiger charge is 2.58. The molecule has 2 rings (SSSR count). The zero-order valence-electron chi connectivity index (χ0n) is 14.9. The van der Waals surface area contributed by atoms with E-state index >= 15 is 0 Å². The number of carbonyl (C=O) groups excluding carboxylic acids is 1. The largest absolute Gasteiger partial charge is 0.487 e. The van der Waals surface area contributed by atoms with E-state index in [0.29, 0.717) is 18.5 Å². The van der Waals surface area contributed by atoms with Gasteiger partial charge < -0.3 is 19.6 Å². The van der Waals surface area contributed by atoms with E-state index in [1.165, 1.54) is 41.0 Å². The summed E-state index contributed by atoms with van der Waals surface area (Å²) in [7, 11) is 0. The average molecular weight is 410 g/mol. The minimum atomic E-state index is -5.71. The molecule has 6 nitrogen and oxygen atoms in total. The lowest BCUT2D eigenvalue weighted by Gasteiger charge is -2.37. The highest BCUT2D eigenvalue weighted by molar-refractivity contribution is 5.92. The van der Waals surface area contributed by atoms with E-state index in [1.54, 1.807) is 0 Å². The predicted octanol–water partition coefficient (Wildman–Crippen LogP) is 3.76. The van der Waals surface area contributed by atoms with E-state index in [1.807, 2.05) is 0 Å². The summed E-state index contributed by atoms with van der Waals surface area (Å²) in [6.45, 7) is 0.00673. The summed E-state index contributed by atoms with van der Waals surface area (Å²) in [5.41, 5.74) is 0.413. The Kier molecular flexibility index (Phi) is 6.35. The molecule has 156 valence electrons. The standard InChI is InChI=1S/C17H19F5N2O4/c1-11(25)24(13-6-8-23(9-7-13)15(26)27)12-2-4-14(5-3-12)28-10-16(18,19)17(20,21)22/h2-5,13H,6-10H2,1H3,(H,26,27). The maximum absolute atomic E-state index is 12.9. The Morgan fingerprint density at radius 1 is 1.14 bits per heavy atom. The summed E-state index contributed by atoms with van der Waals surface area (Å²) >= 11 is 0. The number of anilines is 1. The molecule has 1 aromatic carbocycles. The van der Waals surface area contributed by atoms with Gasteiger partial charge in [-0.15, -0.1) is 0 Å². The second-order valence-corrected chi connectivity index (χ2v) is 6.37. The molecule has 0 aliphatic carbocycles. The number of hydrogen-bond acceptors (Lipinski definition) is 3. The van der Waals surface area contributed by atoms with Crippen LogP contribution >= 0.6 is 0 Å². The van der Waals surface area contributed by atoms with Gasteiger partial charge in [0.1, 0.15) is 5.75 Å². The number of rotatable bonds is 5. The van der Waals surface area contributed by atoms with E-state index in [0.717, 1.165) is 0 Å². The van der Waals surface area contributed by atoms with Gasteiger partial charge in [0.05, 0.1) is 0 Å². The Morgan fingerprint density at radius 3 is 2.11 bits per heavy atom. The molecule has 0 atom stereocenters. The van der Waals surface area contributed by atoms with E-state index in [4.69, 9.17) is 5.11 Å². The first-order chi connectivity index (χ1) is 12.9. The molecule has 1 aromatic rings. The number of nitrogens with zero attached hydrogens (tertiary/aromatic N) is 2. The second kappa shape index (κ2) is 8.19. The van der Waals surface area contributed by atoms with Crippen molar-refractivity contribution in [3.8, 4) is 5.75 Å². The summed E-state index contributed by atoms with van der Waals surface area (Å²) in [5, 5.41) is 8.99. The highest BCUT2D eigenvalue weighted by Crippen LogP contribution is 2.36. The third kappa shape index (κ3) is 5.02. The van der Waals surface area contributed by atoms with Crippen LogP contribution in [0.1, 0.15) is 19.8 Å². The van der Waals surface area contributed by atoms with Crippen LogP contribution in [0.2, 0.25) is 0 Å². The van der Waals surface area contributed by atoms with Crippen LogP contribution in [0.3, 0.4) is 0 Å². The fraction of sp³-hybridized carbons (Fsp3) is 0.529. The van der Waals surface area contributed by atoms with Crippen LogP contribution in [-0.4, -0.2) is 59.8 Å². The van der Waals surface area contributed by atoms with E-state index in [2.05, 4.69) is 4.74 Å². The van der Waals surface area contributed by atoms with Crippen molar-refractivity contribution in [3.63, 3.8) is 0 Å². The van der Waals surface area contributed by atoms with Crippen LogP contribution in [0, 0.1) is 0 Å². The van der Waals surface area contributed by atoms with Gasteiger partial charge in [0.2, 0.25) is 5.91 Å². The summed E-state index contributed by atoms with van der Waals surface area (Å²) < 4.78 is 66.8. The van der Waals surface area contributed by atoms with Gasteiger partial charge in [-0.05, 0) is 37.1 Å². The summed E-state index contributed by atoms with van der Waals surface area (Å²) in [5.74, 6) is -5.47. The molecule has 28 heavy (non-hydrogen) atoms. The monoisotopic (exact) mass is 410 g/mol. The number of ether oxygens (including phenoxy) is 1. The number of alkyl halides is 5. The molecule has 0 spiro atoms. The maximum Gasteiger partial charge on any atom is 0.456 e. The zero-order chi connectivity index (χ0) is 21.1. The Bertz CT molecular complexity index is 700. The molecule has 0 saturated carbocycles. The van der Waals surface area contributed by atoms with Crippen molar-refractivity contribution in [1.29, 1.82) is 0 Å².